The number of carbonyl (C=O) groups is 2. The molecule has 5 rings (SSSR count). The molecule has 1 aliphatic rings. The molecule has 1 N–H and O–H groups in total. The summed E-state index contributed by atoms with van der Waals surface area (Å²) in [4.78, 5) is 31.2. The zero-order valence-electron chi connectivity index (χ0n) is 16.6. The van der Waals surface area contributed by atoms with Crippen LogP contribution in [0, 0.1) is 0 Å². The van der Waals surface area contributed by atoms with E-state index < -0.39 is 17.5 Å². The highest BCUT2D eigenvalue weighted by atomic mass is 35.5. The summed E-state index contributed by atoms with van der Waals surface area (Å²) in [7, 11) is 0. The standard InChI is InChI=1S/C20H15ClN8O3/c1-20(13-5-3-7-15(9-13)29-11-22-26-27-29)18(30)28(19(31)24-20)10-16-23-17(25-32-16)12-4-2-6-14(21)8-12/h2-9,11H,10H2,1H3,(H,24,31)/t20-/m1/s1. The normalized spacial score (nSPS) is 18.2. The predicted octanol–water partition coefficient (Wildman–Crippen LogP) is 2.33. The average Bonchev–Trinajstić information content (AvgIpc) is 3.53. The molecule has 3 heterocycles. The number of urea groups is 1. The first kappa shape index (κ1) is 19.8. The summed E-state index contributed by atoms with van der Waals surface area (Å²) in [5.41, 5.74) is 0.611. The van der Waals surface area contributed by atoms with Crippen molar-refractivity contribution in [3.05, 3.63) is 71.3 Å². The second-order valence-corrected chi connectivity index (χ2v) is 7.71. The lowest BCUT2D eigenvalue weighted by Crippen LogP contribution is -2.40. The Bertz CT molecular complexity index is 1320. The lowest BCUT2D eigenvalue weighted by Gasteiger charge is -2.22. The maximum absolute atomic E-state index is 13.2. The summed E-state index contributed by atoms with van der Waals surface area (Å²) < 4.78 is 6.72. The van der Waals surface area contributed by atoms with Gasteiger partial charge in [0, 0.05) is 10.6 Å². The van der Waals surface area contributed by atoms with Crippen LogP contribution in [0.4, 0.5) is 4.79 Å². The fourth-order valence-electron chi connectivity index (χ4n) is 3.47. The Labute approximate surface area is 186 Å². The van der Waals surface area contributed by atoms with Crippen LogP contribution in [-0.2, 0) is 16.9 Å². The second-order valence-electron chi connectivity index (χ2n) is 7.27. The number of aromatic nitrogens is 6. The minimum atomic E-state index is -1.28. The van der Waals surface area contributed by atoms with Crippen LogP contribution in [0.15, 0.2) is 59.4 Å². The first-order valence-corrected chi connectivity index (χ1v) is 9.88. The average molecular weight is 451 g/mol. The van der Waals surface area contributed by atoms with Gasteiger partial charge in [-0.05, 0) is 47.2 Å². The number of benzene rings is 2. The number of amides is 3. The molecule has 0 bridgehead atoms. The third-order valence-corrected chi connectivity index (χ3v) is 5.39. The van der Waals surface area contributed by atoms with E-state index in [0.717, 1.165) is 4.90 Å². The van der Waals surface area contributed by atoms with Gasteiger partial charge in [0.25, 0.3) is 5.91 Å². The minimum absolute atomic E-state index is 0.121. The van der Waals surface area contributed by atoms with Crippen LogP contribution in [-0.4, -0.2) is 47.2 Å². The van der Waals surface area contributed by atoms with Gasteiger partial charge in [-0.2, -0.15) is 4.98 Å². The Kier molecular flexibility index (Phi) is 4.67. The van der Waals surface area contributed by atoms with Gasteiger partial charge in [-0.3, -0.25) is 9.69 Å². The number of tetrazole rings is 1. The van der Waals surface area contributed by atoms with Crippen molar-refractivity contribution in [2.45, 2.75) is 19.0 Å². The monoisotopic (exact) mass is 450 g/mol. The molecule has 1 saturated heterocycles. The van der Waals surface area contributed by atoms with E-state index in [0.29, 0.717) is 27.7 Å². The van der Waals surface area contributed by atoms with Gasteiger partial charge in [-0.1, -0.05) is 41.0 Å². The van der Waals surface area contributed by atoms with Gasteiger partial charge in [0.15, 0.2) is 0 Å². The fourth-order valence-corrected chi connectivity index (χ4v) is 3.66. The van der Waals surface area contributed by atoms with Crippen LogP contribution in [0.25, 0.3) is 17.1 Å². The number of nitrogens with zero attached hydrogens (tertiary/aromatic N) is 7. The lowest BCUT2D eigenvalue weighted by atomic mass is 9.91. The molecule has 1 fully saturated rings. The van der Waals surface area contributed by atoms with Crippen LogP contribution in [0.1, 0.15) is 18.4 Å². The molecule has 12 heteroatoms. The molecule has 0 radical (unpaired) electrons. The molecule has 4 aromatic rings. The molecule has 2 aromatic heterocycles. The maximum Gasteiger partial charge on any atom is 0.325 e. The molecule has 11 nitrogen and oxygen atoms in total. The molecule has 1 aliphatic heterocycles. The second kappa shape index (κ2) is 7.54. The summed E-state index contributed by atoms with van der Waals surface area (Å²) >= 11 is 6.01. The van der Waals surface area contributed by atoms with Crippen LogP contribution in [0.3, 0.4) is 0 Å². The SMILES string of the molecule is C[C@]1(c2cccc(-n3cnnn3)c2)NC(=O)N(Cc2nc(-c3cccc(Cl)c3)no2)C1=O. The molecule has 1 atom stereocenters. The zero-order chi connectivity index (χ0) is 22.3. The summed E-state index contributed by atoms with van der Waals surface area (Å²) in [6.07, 6.45) is 1.44. The molecule has 3 amide bonds. The molecule has 0 unspecified atom stereocenters. The highest BCUT2D eigenvalue weighted by Crippen LogP contribution is 2.31. The van der Waals surface area contributed by atoms with Gasteiger partial charge in [-0.25, -0.2) is 9.48 Å². The molecule has 160 valence electrons. The Balaban J connectivity index is 1.39. The van der Waals surface area contributed by atoms with E-state index in [1.54, 1.807) is 55.5 Å². The van der Waals surface area contributed by atoms with Crippen molar-refractivity contribution < 1.29 is 14.1 Å². The Morgan fingerprint density at radius 3 is 2.78 bits per heavy atom. The van der Waals surface area contributed by atoms with E-state index in [2.05, 4.69) is 31.0 Å². The predicted molar refractivity (Wildman–Crippen MR) is 110 cm³/mol. The highest BCUT2D eigenvalue weighted by molar-refractivity contribution is 6.30. The van der Waals surface area contributed by atoms with Crippen molar-refractivity contribution >= 4 is 23.5 Å². The van der Waals surface area contributed by atoms with Gasteiger partial charge in [0.05, 0.1) is 5.69 Å². The topological polar surface area (TPSA) is 132 Å². The van der Waals surface area contributed by atoms with Crippen molar-refractivity contribution in [1.82, 2.24) is 40.6 Å². The Morgan fingerprint density at radius 1 is 1.16 bits per heavy atom. The zero-order valence-corrected chi connectivity index (χ0v) is 17.4. The molecular formula is C20H15ClN8O3. The number of hydrogen-bond acceptors (Lipinski definition) is 8. The number of hydrogen-bond donors (Lipinski definition) is 1. The van der Waals surface area contributed by atoms with Crippen molar-refractivity contribution in [3.63, 3.8) is 0 Å². The molecule has 0 saturated carbocycles. The van der Waals surface area contributed by atoms with Crippen LogP contribution < -0.4 is 5.32 Å². The lowest BCUT2D eigenvalue weighted by molar-refractivity contribution is -0.131. The first-order chi connectivity index (χ1) is 15.4. The summed E-state index contributed by atoms with van der Waals surface area (Å²) in [6.45, 7) is 1.47. The van der Waals surface area contributed by atoms with Gasteiger partial charge in [0.2, 0.25) is 11.7 Å². The van der Waals surface area contributed by atoms with Crippen molar-refractivity contribution in [1.29, 1.82) is 0 Å². The fraction of sp³-hybridized carbons (Fsp3) is 0.150. The maximum atomic E-state index is 13.2. The van der Waals surface area contributed by atoms with E-state index in [4.69, 9.17) is 16.1 Å². The quantitative estimate of drug-likeness (QED) is 0.458. The van der Waals surface area contributed by atoms with E-state index >= 15 is 0 Å². The number of carbonyl (C=O) groups excluding carboxylic acids is 2. The van der Waals surface area contributed by atoms with Crippen LogP contribution in [0.5, 0.6) is 0 Å². The summed E-state index contributed by atoms with van der Waals surface area (Å²) in [5, 5.41) is 18.3. The number of imide groups is 1. The van der Waals surface area contributed by atoms with Gasteiger partial charge >= 0.3 is 6.03 Å². The Morgan fingerprint density at radius 2 is 2.00 bits per heavy atom. The van der Waals surface area contributed by atoms with Gasteiger partial charge in [0.1, 0.15) is 18.4 Å². The van der Waals surface area contributed by atoms with Crippen molar-refractivity contribution in [2.24, 2.45) is 0 Å². The van der Waals surface area contributed by atoms with E-state index in [-0.39, 0.29) is 12.4 Å². The van der Waals surface area contributed by atoms with Crippen molar-refractivity contribution in [2.75, 3.05) is 0 Å². The molecule has 0 spiro atoms. The number of nitrogens with one attached hydrogen (secondary N) is 1. The largest absolute Gasteiger partial charge is 0.337 e. The third-order valence-electron chi connectivity index (χ3n) is 5.16. The third kappa shape index (κ3) is 3.38. The van der Waals surface area contributed by atoms with Gasteiger partial charge < -0.3 is 9.84 Å². The molecule has 0 aliphatic carbocycles. The van der Waals surface area contributed by atoms with Gasteiger partial charge in [-0.15, -0.1) is 5.10 Å². The highest BCUT2D eigenvalue weighted by Gasteiger charge is 2.49. The summed E-state index contributed by atoms with van der Waals surface area (Å²) in [5.74, 6) is -0.0134. The van der Waals surface area contributed by atoms with E-state index in [9.17, 15) is 9.59 Å². The molecular weight excluding hydrogens is 436 g/mol. The van der Waals surface area contributed by atoms with E-state index in [1.807, 2.05) is 0 Å². The smallest absolute Gasteiger partial charge is 0.325 e. The first-order valence-electron chi connectivity index (χ1n) is 9.50. The van der Waals surface area contributed by atoms with Crippen LogP contribution >= 0.6 is 11.6 Å². The van der Waals surface area contributed by atoms with E-state index in [1.165, 1.54) is 11.0 Å². The Hall–Kier alpha value is -4.12. The molecule has 32 heavy (non-hydrogen) atoms. The molecule has 2 aromatic carbocycles. The number of rotatable bonds is 5. The van der Waals surface area contributed by atoms with Crippen molar-refractivity contribution in [3.8, 4) is 17.1 Å². The number of halogens is 1. The van der Waals surface area contributed by atoms with Crippen LogP contribution in [0.2, 0.25) is 5.02 Å². The minimum Gasteiger partial charge on any atom is -0.337 e. The summed E-state index contributed by atoms with van der Waals surface area (Å²) in [6, 6.07) is 13.4.